The summed E-state index contributed by atoms with van der Waals surface area (Å²) in [5.41, 5.74) is 1.71. The number of aryl methyl sites for hydroxylation is 1. The van der Waals surface area contributed by atoms with Crippen LogP contribution in [0.3, 0.4) is 0 Å². The zero-order valence-electron chi connectivity index (χ0n) is 29.9. The van der Waals surface area contributed by atoms with Gasteiger partial charge >= 0.3 is 6.03 Å². The Morgan fingerprint density at radius 2 is 1.94 bits per heavy atom. The van der Waals surface area contributed by atoms with Gasteiger partial charge in [0.2, 0.25) is 15.9 Å². The summed E-state index contributed by atoms with van der Waals surface area (Å²) in [6.07, 6.45) is 8.09. The summed E-state index contributed by atoms with van der Waals surface area (Å²) < 4.78 is 40.1. The number of thiazole rings is 1. The van der Waals surface area contributed by atoms with E-state index < -0.39 is 50.8 Å². The Kier molecular flexibility index (Phi) is 9.93. The topological polar surface area (TPSA) is 169 Å². The Bertz CT molecular complexity index is 2030. The number of aromatic nitrogens is 2. The largest absolute Gasteiger partial charge is 0.496 e. The molecule has 1 saturated heterocycles. The van der Waals surface area contributed by atoms with Crippen molar-refractivity contribution in [1.29, 1.82) is 0 Å². The molecule has 3 unspecified atom stereocenters. The van der Waals surface area contributed by atoms with Crippen LogP contribution in [0.4, 0.5) is 4.79 Å². The lowest BCUT2D eigenvalue weighted by Crippen LogP contribution is -2.57. The summed E-state index contributed by atoms with van der Waals surface area (Å²) in [6, 6.07) is 4.24. The van der Waals surface area contributed by atoms with Crippen molar-refractivity contribution in [3.63, 3.8) is 0 Å². The maximum atomic E-state index is 14.2. The Hall–Kier alpha value is -4.24. The number of nitrogens with one attached hydrogen (secondary N) is 3. The van der Waals surface area contributed by atoms with Gasteiger partial charge in [-0.15, -0.1) is 11.3 Å². The summed E-state index contributed by atoms with van der Waals surface area (Å²) in [4.78, 5) is 52.7. The van der Waals surface area contributed by atoms with E-state index in [1.165, 1.54) is 16.2 Å². The van der Waals surface area contributed by atoms with E-state index in [2.05, 4.69) is 29.2 Å². The van der Waals surface area contributed by atoms with Crippen molar-refractivity contribution in [3.05, 3.63) is 47.0 Å². The van der Waals surface area contributed by atoms with Crippen molar-refractivity contribution in [1.82, 2.24) is 30.2 Å². The molecular formula is C37H46N6O7S2. The third kappa shape index (κ3) is 7.21. The summed E-state index contributed by atoms with van der Waals surface area (Å²) in [5.74, 6) is -0.167. The van der Waals surface area contributed by atoms with Crippen molar-refractivity contribution in [3.8, 4) is 22.2 Å². The number of fused-ring (bicyclic) bond motifs is 3. The van der Waals surface area contributed by atoms with Crippen LogP contribution in [-0.4, -0.2) is 84.3 Å². The van der Waals surface area contributed by atoms with Crippen molar-refractivity contribution in [2.75, 3.05) is 20.2 Å². The molecule has 1 aromatic carbocycles. The molecule has 4 aliphatic rings. The van der Waals surface area contributed by atoms with Crippen molar-refractivity contribution in [2.45, 2.75) is 101 Å². The van der Waals surface area contributed by atoms with Crippen LogP contribution < -0.4 is 24.8 Å². The molecule has 3 fully saturated rings. The zero-order chi connectivity index (χ0) is 36.8. The first kappa shape index (κ1) is 36.1. The van der Waals surface area contributed by atoms with Crippen LogP contribution in [0.15, 0.2) is 35.7 Å². The Labute approximate surface area is 308 Å². The minimum Gasteiger partial charge on any atom is -0.496 e. The van der Waals surface area contributed by atoms with Gasteiger partial charge in [-0.3, -0.25) is 14.3 Å². The van der Waals surface area contributed by atoms with Gasteiger partial charge < -0.3 is 25.0 Å². The van der Waals surface area contributed by atoms with E-state index in [4.69, 9.17) is 19.4 Å². The van der Waals surface area contributed by atoms with Crippen molar-refractivity contribution < 1.29 is 32.3 Å². The molecule has 13 nitrogen and oxygen atoms in total. The SMILES string of the molecule is COc1ccc2c(OC3C[C@H]4C(=O)NC5(C(=O)NS(=O)(=O)C6CC6)CC5C=CCCCCCNC(=O)N4C3)cc(-c3nc(C(C)C)cs3)nc2c1C. The minimum atomic E-state index is -3.84. The molecular weight excluding hydrogens is 705 g/mol. The normalized spacial score (nSPS) is 25.4. The van der Waals surface area contributed by atoms with Gasteiger partial charge in [0.25, 0.3) is 5.91 Å². The monoisotopic (exact) mass is 750 g/mol. The van der Waals surface area contributed by atoms with Gasteiger partial charge in [0.15, 0.2) is 0 Å². The van der Waals surface area contributed by atoms with Gasteiger partial charge in [-0.2, -0.15) is 0 Å². The number of nitrogens with zero attached hydrogens (tertiary/aromatic N) is 3. The highest BCUT2D eigenvalue weighted by Gasteiger charge is 2.62. The molecule has 7 rings (SSSR count). The van der Waals surface area contributed by atoms with E-state index in [0.717, 1.165) is 47.3 Å². The third-order valence-electron chi connectivity index (χ3n) is 10.5. The molecule has 0 spiro atoms. The smallest absolute Gasteiger partial charge is 0.318 e. The Morgan fingerprint density at radius 1 is 1.13 bits per heavy atom. The van der Waals surface area contributed by atoms with Crippen LogP contribution in [-0.2, 0) is 19.6 Å². The number of urea groups is 1. The van der Waals surface area contributed by atoms with Crippen molar-refractivity contribution >= 4 is 50.1 Å². The molecule has 4 amide bonds. The first-order chi connectivity index (χ1) is 24.9. The fourth-order valence-corrected chi connectivity index (χ4v) is 9.40. The Morgan fingerprint density at radius 3 is 2.67 bits per heavy atom. The van der Waals surface area contributed by atoms with E-state index in [1.54, 1.807) is 7.11 Å². The van der Waals surface area contributed by atoms with Crippen LogP contribution in [0, 0.1) is 12.8 Å². The molecule has 278 valence electrons. The van der Waals surface area contributed by atoms with Crippen molar-refractivity contribution in [2.24, 2.45) is 5.92 Å². The molecule has 2 aromatic heterocycles. The number of hydrogen-bond acceptors (Lipinski definition) is 10. The second-order valence-corrected chi connectivity index (χ2v) is 17.4. The number of amides is 4. The minimum absolute atomic E-state index is 0.117. The van der Waals surface area contributed by atoms with Crippen LogP contribution in [0.5, 0.6) is 11.5 Å². The number of methoxy groups -OCH3 is 1. The number of sulfonamides is 1. The molecule has 0 bridgehead atoms. The van der Waals surface area contributed by atoms with E-state index in [9.17, 15) is 22.8 Å². The van der Waals surface area contributed by atoms with E-state index in [-0.39, 0.29) is 31.2 Å². The quantitative estimate of drug-likeness (QED) is 0.270. The fourth-order valence-electron chi connectivity index (χ4n) is 7.10. The first-order valence-corrected chi connectivity index (χ1v) is 20.5. The molecule has 2 saturated carbocycles. The average Bonchev–Trinajstić information content (AvgIpc) is 3.98. The zero-order valence-corrected chi connectivity index (χ0v) is 31.6. The number of rotatable bonds is 8. The summed E-state index contributed by atoms with van der Waals surface area (Å²) >= 11 is 1.50. The second-order valence-electron chi connectivity index (χ2n) is 14.6. The van der Waals surface area contributed by atoms with Gasteiger partial charge in [-0.05, 0) is 63.5 Å². The number of benzene rings is 1. The summed E-state index contributed by atoms with van der Waals surface area (Å²) in [5, 5.41) is 8.81. The summed E-state index contributed by atoms with van der Waals surface area (Å²) in [7, 11) is -2.23. The number of hydrogen-bond donors (Lipinski definition) is 3. The molecule has 52 heavy (non-hydrogen) atoms. The Balaban J connectivity index is 1.20. The molecule has 2 aliphatic carbocycles. The van der Waals surface area contributed by atoms with Gasteiger partial charge in [-0.25, -0.2) is 23.2 Å². The van der Waals surface area contributed by atoms with Crippen LogP contribution in [0.2, 0.25) is 0 Å². The van der Waals surface area contributed by atoms with Crippen LogP contribution in [0.1, 0.15) is 82.4 Å². The highest BCUT2D eigenvalue weighted by atomic mass is 32.2. The lowest BCUT2D eigenvalue weighted by Gasteiger charge is -2.26. The molecule has 0 radical (unpaired) electrons. The molecule has 4 atom stereocenters. The van der Waals surface area contributed by atoms with E-state index in [1.807, 2.05) is 42.7 Å². The number of carbonyl (C=O) groups excluding carboxylic acids is 3. The van der Waals surface area contributed by atoms with Gasteiger partial charge in [0, 0.05) is 41.3 Å². The fraction of sp³-hybridized carbons (Fsp3) is 0.541. The molecule has 4 heterocycles. The third-order valence-corrected chi connectivity index (χ3v) is 13.2. The van der Waals surface area contributed by atoms with E-state index in [0.29, 0.717) is 42.1 Å². The molecule has 2 aliphatic heterocycles. The molecule has 15 heteroatoms. The van der Waals surface area contributed by atoms with Gasteiger partial charge in [-0.1, -0.05) is 32.4 Å². The van der Waals surface area contributed by atoms with Gasteiger partial charge in [0.1, 0.15) is 39.9 Å². The van der Waals surface area contributed by atoms with E-state index >= 15 is 0 Å². The molecule has 3 aromatic rings. The average molecular weight is 751 g/mol. The maximum absolute atomic E-state index is 14.2. The second kappa shape index (κ2) is 14.3. The molecule has 3 N–H and O–H groups in total. The number of allylic oxidation sites excluding steroid dienone is 1. The van der Waals surface area contributed by atoms with Gasteiger partial charge in [0.05, 0.1) is 30.1 Å². The standard InChI is InChI=1S/C37H46N6O7S2/c1-21(2)28-20-51-34(40-28)27-17-31(26-13-14-30(49-4)22(3)32(26)39-27)50-24-16-29-33(44)41-37(35(45)42-52(47,48)25-11-12-25)18-23(37)10-8-6-5-7-9-15-38-36(46)43(29)19-24/h8,10,13-14,17,20-21,23-25,29H,5-7,9,11-12,15-16,18-19H2,1-4H3,(H,38,46)(H,41,44)(H,42,45)/t23?,24?,29-,37?/m0/s1. The predicted molar refractivity (Wildman–Crippen MR) is 198 cm³/mol. The number of carbonyl (C=O) groups is 3. The lowest BCUT2D eigenvalue weighted by atomic mass is 10.1. The highest BCUT2D eigenvalue weighted by molar-refractivity contribution is 7.91. The van der Waals surface area contributed by atoms with Crippen LogP contribution >= 0.6 is 11.3 Å². The first-order valence-electron chi connectivity index (χ1n) is 18.1. The predicted octanol–water partition coefficient (Wildman–Crippen LogP) is 4.94. The maximum Gasteiger partial charge on any atom is 0.318 e. The number of pyridine rings is 1. The number of ether oxygens (including phenoxy) is 2. The summed E-state index contributed by atoms with van der Waals surface area (Å²) in [6.45, 7) is 6.69. The lowest BCUT2D eigenvalue weighted by molar-refractivity contribution is -0.131. The highest BCUT2D eigenvalue weighted by Crippen LogP contribution is 2.46. The van der Waals surface area contributed by atoms with Crippen LogP contribution in [0.25, 0.3) is 21.6 Å².